The van der Waals surface area contributed by atoms with Gasteiger partial charge in [0.2, 0.25) is 5.60 Å². The molecule has 0 heterocycles. The van der Waals surface area contributed by atoms with Crippen LogP contribution in [0.4, 0.5) is 0 Å². The Kier molecular flexibility index (Phi) is 3.95. The van der Waals surface area contributed by atoms with Gasteiger partial charge < -0.3 is 9.47 Å². The number of carbonyl (C=O) groups excluding carboxylic acids is 1. The monoisotopic (exact) mass is 312 g/mol. The van der Waals surface area contributed by atoms with E-state index in [2.05, 4.69) is 15.9 Å². The third-order valence-electron chi connectivity index (χ3n) is 3.41. The Morgan fingerprint density at radius 3 is 2.56 bits per heavy atom. The molecule has 0 radical (unpaired) electrons. The lowest BCUT2D eigenvalue weighted by atomic mass is 10.0. The standard InChI is InChI=1S/C14H17BrO3/c1-10-9-11(15)5-6-12(10)18-14(13(16)17-2)7-3-4-8-14/h5-6,9H,3-4,7-8H2,1-2H3. The van der Waals surface area contributed by atoms with Gasteiger partial charge in [-0.05, 0) is 56.4 Å². The fraction of sp³-hybridized carbons (Fsp3) is 0.500. The van der Waals surface area contributed by atoms with Crippen LogP contribution in [0.2, 0.25) is 0 Å². The van der Waals surface area contributed by atoms with E-state index in [1.165, 1.54) is 7.11 Å². The SMILES string of the molecule is COC(=O)C1(Oc2ccc(Br)cc2C)CCCC1. The van der Waals surface area contributed by atoms with Crippen molar-refractivity contribution in [2.45, 2.75) is 38.2 Å². The molecule has 0 N–H and O–H groups in total. The minimum atomic E-state index is -0.784. The van der Waals surface area contributed by atoms with Crippen LogP contribution in [0.25, 0.3) is 0 Å². The molecule has 1 saturated carbocycles. The van der Waals surface area contributed by atoms with Gasteiger partial charge in [-0.25, -0.2) is 4.79 Å². The molecule has 1 aromatic rings. The van der Waals surface area contributed by atoms with Crippen molar-refractivity contribution in [3.8, 4) is 5.75 Å². The van der Waals surface area contributed by atoms with Gasteiger partial charge in [-0.15, -0.1) is 0 Å². The van der Waals surface area contributed by atoms with Crippen molar-refractivity contribution in [3.05, 3.63) is 28.2 Å². The molecular weight excluding hydrogens is 296 g/mol. The number of esters is 1. The summed E-state index contributed by atoms with van der Waals surface area (Å²) >= 11 is 3.42. The van der Waals surface area contributed by atoms with Crippen molar-refractivity contribution >= 4 is 21.9 Å². The Balaban J connectivity index is 2.26. The molecule has 1 aromatic carbocycles. The minimum absolute atomic E-state index is 0.262. The van der Waals surface area contributed by atoms with Crippen molar-refractivity contribution < 1.29 is 14.3 Å². The average Bonchev–Trinajstić information content (AvgIpc) is 2.82. The van der Waals surface area contributed by atoms with Gasteiger partial charge in [0.05, 0.1) is 7.11 Å². The number of carbonyl (C=O) groups is 1. The summed E-state index contributed by atoms with van der Waals surface area (Å²) in [6.07, 6.45) is 3.47. The van der Waals surface area contributed by atoms with E-state index < -0.39 is 5.60 Å². The molecule has 0 spiro atoms. The Bertz CT molecular complexity index is 450. The molecule has 3 nitrogen and oxygen atoms in total. The van der Waals surface area contributed by atoms with Crippen LogP contribution in [0.5, 0.6) is 5.75 Å². The third kappa shape index (κ3) is 2.53. The smallest absolute Gasteiger partial charge is 0.350 e. The fourth-order valence-electron chi connectivity index (χ4n) is 2.42. The van der Waals surface area contributed by atoms with Gasteiger partial charge in [-0.2, -0.15) is 0 Å². The highest BCUT2D eigenvalue weighted by atomic mass is 79.9. The number of benzene rings is 1. The molecule has 0 bridgehead atoms. The third-order valence-corrected chi connectivity index (χ3v) is 3.90. The number of aryl methyl sites for hydroxylation is 1. The molecule has 4 heteroatoms. The zero-order valence-electron chi connectivity index (χ0n) is 10.7. The highest BCUT2D eigenvalue weighted by Gasteiger charge is 2.45. The fourth-order valence-corrected chi connectivity index (χ4v) is 2.89. The van der Waals surface area contributed by atoms with Crippen LogP contribution >= 0.6 is 15.9 Å². The van der Waals surface area contributed by atoms with Crippen molar-refractivity contribution in [2.24, 2.45) is 0 Å². The first-order chi connectivity index (χ1) is 8.57. The van der Waals surface area contributed by atoms with Crippen LogP contribution in [-0.4, -0.2) is 18.7 Å². The second-order valence-corrected chi connectivity index (χ2v) is 5.62. The summed E-state index contributed by atoms with van der Waals surface area (Å²) in [4.78, 5) is 12.0. The maximum Gasteiger partial charge on any atom is 0.350 e. The van der Waals surface area contributed by atoms with Gasteiger partial charge >= 0.3 is 5.97 Å². The van der Waals surface area contributed by atoms with Crippen LogP contribution in [-0.2, 0) is 9.53 Å². The molecule has 0 unspecified atom stereocenters. The summed E-state index contributed by atoms with van der Waals surface area (Å²) in [5.74, 6) is 0.493. The molecule has 98 valence electrons. The Hall–Kier alpha value is -1.03. The summed E-state index contributed by atoms with van der Waals surface area (Å²) in [6, 6.07) is 5.79. The van der Waals surface area contributed by atoms with Gasteiger partial charge in [0, 0.05) is 4.47 Å². The summed E-state index contributed by atoms with van der Waals surface area (Å²) < 4.78 is 11.9. The van der Waals surface area contributed by atoms with Crippen molar-refractivity contribution in [1.29, 1.82) is 0 Å². The Labute approximate surface area is 116 Å². The molecule has 0 amide bonds. The van der Waals surface area contributed by atoms with E-state index in [9.17, 15) is 4.79 Å². The maximum absolute atomic E-state index is 12.0. The lowest BCUT2D eigenvalue weighted by molar-refractivity contribution is -0.158. The molecule has 1 fully saturated rings. The summed E-state index contributed by atoms with van der Waals surface area (Å²) in [7, 11) is 1.42. The number of rotatable bonds is 3. The number of halogens is 1. The zero-order chi connectivity index (χ0) is 13.2. The normalized spacial score (nSPS) is 17.5. The molecule has 18 heavy (non-hydrogen) atoms. The van der Waals surface area contributed by atoms with Crippen LogP contribution < -0.4 is 4.74 Å². The number of hydrogen-bond donors (Lipinski definition) is 0. The topological polar surface area (TPSA) is 35.5 Å². The second-order valence-electron chi connectivity index (χ2n) is 4.70. The molecule has 0 aromatic heterocycles. The summed E-state index contributed by atoms with van der Waals surface area (Å²) in [5, 5.41) is 0. The van der Waals surface area contributed by atoms with E-state index in [0.717, 1.165) is 41.5 Å². The zero-order valence-corrected chi connectivity index (χ0v) is 12.2. The van der Waals surface area contributed by atoms with E-state index in [1.54, 1.807) is 0 Å². The number of hydrogen-bond acceptors (Lipinski definition) is 3. The van der Waals surface area contributed by atoms with E-state index in [-0.39, 0.29) is 5.97 Å². The average molecular weight is 313 g/mol. The molecule has 0 aliphatic heterocycles. The predicted octanol–water partition coefficient (Wildman–Crippen LogP) is 3.62. The first kappa shape index (κ1) is 13.4. The molecule has 0 saturated heterocycles. The van der Waals surface area contributed by atoms with Crippen LogP contribution in [0.1, 0.15) is 31.2 Å². The van der Waals surface area contributed by atoms with E-state index >= 15 is 0 Å². The van der Waals surface area contributed by atoms with Gasteiger partial charge in [0.1, 0.15) is 5.75 Å². The largest absolute Gasteiger partial charge is 0.475 e. The number of methoxy groups -OCH3 is 1. The van der Waals surface area contributed by atoms with Crippen molar-refractivity contribution in [2.75, 3.05) is 7.11 Å². The first-order valence-electron chi connectivity index (χ1n) is 6.11. The first-order valence-corrected chi connectivity index (χ1v) is 6.90. The highest BCUT2D eigenvalue weighted by molar-refractivity contribution is 9.10. The van der Waals surface area contributed by atoms with E-state index in [4.69, 9.17) is 9.47 Å². The van der Waals surface area contributed by atoms with E-state index in [0.29, 0.717) is 0 Å². The van der Waals surface area contributed by atoms with Gasteiger partial charge in [-0.3, -0.25) is 0 Å². The molecular formula is C14H17BrO3. The number of ether oxygens (including phenoxy) is 2. The van der Waals surface area contributed by atoms with Crippen molar-refractivity contribution in [3.63, 3.8) is 0 Å². The van der Waals surface area contributed by atoms with E-state index in [1.807, 2.05) is 25.1 Å². The van der Waals surface area contributed by atoms with Crippen molar-refractivity contribution in [1.82, 2.24) is 0 Å². The highest BCUT2D eigenvalue weighted by Crippen LogP contribution is 2.37. The van der Waals surface area contributed by atoms with Gasteiger partial charge in [0.25, 0.3) is 0 Å². The quantitative estimate of drug-likeness (QED) is 0.800. The minimum Gasteiger partial charge on any atom is -0.475 e. The van der Waals surface area contributed by atoms with Gasteiger partial charge in [0.15, 0.2) is 0 Å². The van der Waals surface area contributed by atoms with Crippen LogP contribution in [0.3, 0.4) is 0 Å². The van der Waals surface area contributed by atoms with Crippen LogP contribution in [0, 0.1) is 6.92 Å². The van der Waals surface area contributed by atoms with Crippen LogP contribution in [0.15, 0.2) is 22.7 Å². The molecule has 0 atom stereocenters. The Morgan fingerprint density at radius 2 is 2.00 bits per heavy atom. The molecule has 1 aliphatic carbocycles. The summed E-state index contributed by atoms with van der Waals surface area (Å²) in [5.41, 5.74) is 0.229. The predicted molar refractivity (Wildman–Crippen MR) is 72.7 cm³/mol. The maximum atomic E-state index is 12.0. The lowest BCUT2D eigenvalue weighted by Crippen LogP contribution is -2.42. The second kappa shape index (κ2) is 5.31. The lowest BCUT2D eigenvalue weighted by Gasteiger charge is -2.28. The summed E-state index contributed by atoms with van der Waals surface area (Å²) in [6.45, 7) is 1.97. The molecule has 2 rings (SSSR count). The van der Waals surface area contributed by atoms with Gasteiger partial charge in [-0.1, -0.05) is 15.9 Å². The Morgan fingerprint density at radius 1 is 1.33 bits per heavy atom. The molecule has 1 aliphatic rings.